The molecule has 5 heteroatoms. The molecule has 5 nitrogen and oxygen atoms in total. The lowest BCUT2D eigenvalue weighted by Crippen LogP contribution is -2.37. The summed E-state index contributed by atoms with van der Waals surface area (Å²) >= 11 is 0. The summed E-state index contributed by atoms with van der Waals surface area (Å²) in [5, 5.41) is 6.78. The van der Waals surface area contributed by atoms with Crippen LogP contribution in [0.3, 0.4) is 0 Å². The van der Waals surface area contributed by atoms with E-state index in [0.717, 1.165) is 78.7 Å². The maximum atomic E-state index is 6.32. The third-order valence-electron chi connectivity index (χ3n) is 11.0. The topological polar surface area (TPSA) is 54.2 Å². The average Bonchev–Trinajstić information content (AvgIpc) is 3.79. The van der Waals surface area contributed by atoms with Crippen LogP contribution in [0.2, 0.25) is 0 Å². The van der Waals surface area contributed by atoms with Crippen molar-refractivity contribution in [1.29, 1.82) is 0 Å². The van der Waals surface area contributed by atoms with Gasteiger partial charge >= 0.3 is 0 Å². The molecule has 0 saturated heterocycles. The van der Waals surface area contributed by atoms with Crippen LogP contribution in [0.4, 0.5) is 0 Å². The van der Waals surface area contributed by atoms with Crippen LogP contribution in [0, 0.1) is 5.92 Å². The van der Waals surface area contributed by atoms with E-state index in [-0.39, 0.29) is 12.1 Å². The second-order valence-corrected chi connectivity index (χ2v) is 14.2. The van der Waals surface area contributed by atoms with Crippen LogP contribution in [-0.2, 0) is 6.42 Å². The molecule has 252 valence electrons. The van der Waals surface area contributed by atoms with Crippen molar-refractivity contribution in [2.75, 3.05) is 7.05 Å². The Kier molecular flexibility index (Phi) is 6.59. The predicted molar refractivity (Wildman–Crippen MR) is 218 cm³/mol. The highest BCUT2D eigenvalue weighted by Gasteiger charge is 2.31. The monoisotopic (exact) mass is 683 g/mol. The van der Waals surface area contributed by atoms with Crippen LogP contribution in [-0.4, -0.2) is 23.6 Å². The number of hydrogen-bond acceptors (Lipinski definition) is 5. The normalized spacial score (nSPS) is 17.2. The molecule has 0 spiro atoms. The minimum Gasteiger partial charge on any atom is -0.456 e. The first-order valence-electron chi connectivity index (χ1n) is 18.2. The zero-order valence-corrected chi connectivity index (χ0v) is 29.0. The molecule has 0 saturated carbocycles. The molecule has 0 fully saturated rings. The summed E-state index contributed by atoms with van der Waals surface area (Å²) in [5.41, 5.74) is 10.6. The summed E-state index contributed by atoms with van der Waals surface area (Å²) in [6.07, 6.45) is 5.08. The number of hydrogen-bond donors (Lipinski definition) is 0. The molecule has 0 radical (unpaired) electrons. The van der Waals surface area contributed by atoms with Crippen LogP contribution in [0.15, 0.2) is 170 Å². The Morgan fingerprint density at radius 2 is 1.25 bits per heavy atom. The van der Waals surface area contributed by atoms with Gasteiger partial charge in [-0.3, -0.25) is 0 Å². The van der Waals surface area contributed by atoms with Gasteiger partial charge in [-0.15, -0.1) is 0 Å². The Morgan fingerprint density at radius 3 is 2.04 bits per heavy atom. The van der Waals surface area contributed by atoms with Gasteiger partial charge in [-0.05, 0) is 81.4 Å². The van der Waals surface area contributed by atoms with Gasteiger partial charge < -0.3 is 13.7 Å². The van der Waals surface area contributed by atoms with E-state index in [1.807, 2.05) is 30.3 Å². The molecule has 0 N–H and O–H groups in total. The van der Waals surface area contributed by atoms with E-state index in [9.17, 15) is 0 Å². The first-order chi connectivity index (χ1) is 26.2. The van der Waals surface area contributed by atoms with Crippen molar-refractivity contribution in [1.82, 2.24) is 4.90 Å². The van der Waals surface area contributed by atoms with Crippen molar-refractivity contribution in [2.45, 2.75) is 12.6 Å². The standard InChI is InChI=1S/C48H33N3O2/c1-51-47(35-25-22-31-26-33(23-21-32(31)28-35)36-14-8-18-42-44(36)37-12-4-6-16-40(37)52-42)49-46(34-24-20-29-10-2-3-11-30(29)27-34)50-48(51)39-15-9-19-43-45(39)38-13-5-7-17-41(38)53-43/h2-26,28,34,47H,27H2,1H3. The second kappa shape index (κ2) is 11.7. The van der Waals surface area contributed by atoms with Gasteiger partial charge in [0.1, 0.15) is 40.2 Å². The van der Waals surface area contributed by atoms with Gasteiger partial charge in [0.15, 0.2) is 0 Å². The molecule has 1 aliphatic carbocycles. The molecule has 2 aliphatic rings. The first-order valence-corrected chi connectivity index (χ1v) is 18.2. The summed E-state index contributed by atoms with van der Waals surface area (Å²) in [7, 11) is 2.11. The second-order valence-electron chi connectivity index (χ2n) is 14.2. The maximum absolute atomic E-state index is 6.32. The Morgan fingerprint density at radius 1 is 0.604 bits per heavy atom. The summed E-state index contributed by atoms with van der Waals surface area (Å²) in [4.78, 5) is 13.0. The van der Waals surface area contributed by atoms with Crippen molar-refractivity contribution in [2.24, 2.45) is 15.9 Å². The Bertz CT molecular complexity index is 3030. The number of furan rings is 2. The fraction of sp³-hybridized carbons (Fsp3) is 0.0833. The van der Waals surface area contributed by atoms with Gasteiger partial charge in [-0.1, -0.05) is 121 Å². The van der Waals surface area contributed by atoms with E-state index in [4.69, 9.17) is 18.8 Å². The Labute approximate surface area is 305 Å². The summed E-state index contributed by atoms with van der Waals surface area (Å²) in [6.45, 7) is 0. The van der Waals surface area contributed by atoms with Crippen molar-refractivity contribution in [3.63, 3.8) is 0 Å². The Hall–Kier alpha value is -6.72. The Balaban J connectivity index is 1.03. The molecular weight excluding hydrogens is 651 g/mol. The average molecular weight is 684 g/mol. The van der Waals surface area contributed by atoms with Crippen molar-refractivity contribution in [3.05, 3.63) is 174 Å². The highest BCUT2D eigenvalue weighted by Crippen LogP contribution is 2.40. The molecule has 2 aromatic heterocycles. The lowest BCUT2D eigenvalue weighted by atomic mass is 9.88. The quantitative estimate of drug-likeness (QED) is 0.186. The zero-order valence-electron chi connectivity index (χ0n) is 29.0. The molecule has 9 aromatic rings. The smallest absolute Gasteiger partial charge is 0.150 e. The van der Waals surface area contributed by atoms with Crippen molar-refractivity contribution in [3.8, 4) is 11.1 Å². The fourth-order valence-electron chi connectivity index (χ4n) is 8.42. The minimum absolute atomic E-state index is 0.0566. The van der Waals surface area contributed by atoms with Crippen molar-refractivity contribution >= 4 is 72.4 Å². The van der Waals surface area contributed by atoms with Gasteiger partial charge in [-0.2, -0.15) is 0 Å². The lowest BCUT2D eigenvalue weighted by molar-refractivity contribution is 0.380. The number of para-hydroxylation sites is 2. The molecule has 2 unspecified atom stereocenters. The van der Waals surface area contributed by atoms with E-state index in [2.05, 4.69) is 139 Å². The number of fused-ring (bicyclic) bond motifs is 8. The molecule has 2 atom stereocenters. The third-order valence-corrected chi connectivity index (χ3v) is 11.0. The van der Waals surface area contributed by atoms with Gasteiger partial charge in [0.25, 0.3) is 0 Å². The SMILES string of the molecule is CN1C(c2cccc3oc4ccccc4c23)=NC(C2C=Cc3ccccc3C2)=NC1c1ccc2cc(-c3cccc4oc5ccccc5c34)ccc2c1. The molecular formula is C48H33N3O2. The van der Waals surface area contributed by atoms with Gasteiger partial charge in [0.2, 0.25) is 0 Å². The maximum Gasteiger partial charge on any atom is 0.150 e. The molecule has 0 bridgehead atoms. The van der Waals surface area contributed by atoms with Crippen molar-refractivity contribution < 1.29 is 8.83 Å². The van der Waals surface area contributed by atoms with Crippen LogP contribution in [0.1, 0.15) is 28.4 Å². The van der Waals surface area contributed by atoms with Gasteiger partial charge in [-0.25, -0.2) is 9.98 Å². The molecule has 7 aromatic carbocycles. The van der Waals surface area contributed by atoms with Crippen LogP contribution >= 0.6 is 0 Å². The lowest BCUT2D eigenvalue weighted by Gasteiger charge is -2.34. The number of nitrogens with zero attached hydrogens (tertiary/aromatic N) is 3. The molecule has 1 aliphatic heterocycles. The fourth-order valence-corrected chi connectivity index (χ4v) is 8.42. The molecule has 0 amide bonds. The van der Waals surface area contributed by atoms with E-state index in [1.165, 1.54) is 27.5 Å². The highest BCUT2D eigenvalue weighted by atomic mass is 16.3. The first kappa shape index (κ1) is 30.0. The molecule has 3 heterocycles. The van der Waals surface area contributed by atoms with Crippen LogP contribution in [0.25, 0.3) is 71.9 Å². The molecule has 53 heavy (non-hydrogen) atoms. The van der Waals surface area contributed by atoms with Crippen LogP contribution < -0.4 is 0 Å². The number of aliphatic imine (C=N–C) groups is 2. The van der Waals surface area contributed by atoms with E-state index in [1.54, 1.807) is 0 Å². The summed E-state index contributed by atoms with van der Waals surface area (Å²) in [5.74, 6) is 1.79. The zero-order chi connectivity index (χ0) is 35.0. The summed E-state index contributed by atoms with van der Waals surface area (Å²) in [6, 6.07) is 51.2. The number of amidine groups is 2. The van der Waals surface area contributed by atoms with E-state index in [0.29, 0.717) is 0 Å². The minimum atomic E-state index is -0.272. The van der Waals surface area contributed by atoms with Gasteiger partial charge in [0.05, 0.1) is 0 Å². The van der Waals surface area contributed by atoms with E-state index >= 15 is 0 Å². The predicted octanol–water partition coefficient (Wildman–Crippen LogP) is 12.0. The highest BCUT2D eigenvalue weighted by molar-refractivity contribution is 6.20. The van der Waals surface area contributed by atoms with Crippen LogP contribution in [0.5, 0.6) is 0 Å². The molecule has 11 rings (SSSR count). The third kappa shape index (κ3) is 4.77. The largest absolute Gasteiger partial charge is 0.456 e. The number of benzene rings is 7. The van der Waals surface area contributed by atoms with E-state index < -0.39 is 0 Å². The van der Waals surface area contributed by atoms with Gasteiger partial charge in [0, 0.05) is 40.1 Å². The number of rotatable bonds is 4. The summed E-state index contributed by atoms with van der Waals surface area (Å²) < 4.78 is 12.5.